The third kappa shape index (κ3) is 3.29. The van der Waals surface area contributed by atoms with E-state index in [1.807, 2.05) is 13.0 Å². The molecule has 1 N–H and O–H groups in total. The van der Waals surface area contributed by atoms with Gasteiger partial charge < -0.3 is 10.1 Å². The molecule has 1 aliphatic rings. The molecule has 98 valence electrons. The van der Waals surface area contributed by atoms with Gasteiger partial charge in [0.1, 0.15) is 5.82 Å². The third-order valence-electron chi connectivity index (χ3n) is 3.23. The maximum atomic E-state index is 13.3. The monoisotopic (exact) mass is 251 g/mol. The van der Waals surface area contributed by atoms with E-state index in [4.69, 9.17) is 4.74 Å². The zero-order valence-electron chi connectivity index (χ0n) is 10.5. The Kier molecular flexibility index (Phi) is 4.31. The van der Waals surface area contributed by atoms with Crippen molar-refractivity contribution < 1.29 is 13.9 Å². The minimum atomic E-state index is -0.309. The van der Waals surface area contributed by atoms with E-state index in [2.05, 4.69) is 5.32 Å². The number of carbonyl (C=O) groups is 1. The molecule has 0 aromatic heterocycles. The molecule has 0 unspecified atom stereocenters. The number of carbonyl (C=O) groups excluding carboxylic acids is 1. The zero-order valence-corrected chi connectivity index (χ0v) is 10.5. The highest BCUT2D eigenvalue weighted by Crippen LogP contribution is 2.19. The van der Waals surface area contributed by atoms with Crippen LogP contribution in [0.4, 0.5) is 10.1 Å². The summed E-state index contributed by atoms with van der Waals surface area (Å²) >= 11 is 0. The predicted octanol–water partition coefficient (Wildman–Crippen LogP) is 2.75. The van der Waals surface area contributed by atoms with Crippen LogP contribution in [0.25, 0.3) is 0 Å². The summed E-state index contributed by atoms with van der Waals surface area (Å²) in [5.74, 6) is -0.366. The van der Waals surface area contributed by atoms with Crippen molar-refractivity contribution in [1.82, 2.24) is 0 Å². The van der Waals surface area contributed by atoms with Crippen molar-refractivity contribution >= 4 is 11.6 Å². The third-order valence-corrected chi connectivity index (χ3v) is 3.23. The van der Waals surface area contributed by atoms with E-state index in [9.17, 15) is 9.18 Å². The van der Waals surface area contributed by atoms with Gasteiger partial charge in [-0.05, 0) is 43.0 Å². The van der Waals surface area contributed by atoms with Gasteiger partial charge in [0.05, 0.1) is 0 Å². The van der Waals surface area contributed by atoms with E-state index >= 15 is 0 Å². The van der Waals surface area contributed by atoms with Crippen molar-refractivity contribution in [3.8, 4) is 0 Å². The molecule has 1 aromatic carbocycles. The summed E-state index contributed by atoms with van der Waals surface area (Å²) in [5.41, 5.74) is 1.43. The molecule has 1 amide bonds. The van der Waals surface area contributed by atoms with Crippen LogP contribution < -0.4 is 5.32 Å². The molecule has 0 bridgehead atoms. The fourth-order valence-electron chi connectivity index (χ4n) is 2.13. The van der Waals surface area contributed by atoms with Crippen molar-refractivity contribution in [3.63, 3.8) is 0 Å². The number of nitrogens with one attached hydrogen (secondary N) is 1. The Balaban J connectivity index is 2.03. The highest BCUT2D eigenvalue weighted by molar-refractivity contribution is 5.92. The first-order valence-corrected chi connectivity index (χ1v) is 6.37. The van der Waals surface area contributed by atoms with Crippen molar-refractivity contribution in [3.05, 3.63) is 29.6 Å². The fraction of sp³-hybridized carbons (Fsp3) is 0.500. The Hall–Kier alpha value is -1.42. The molecule has 0 saturated carbocycles. The molecule has 0 atom stereocenters. The van der Waals surface area contributed by atoms with Crippen molar-refractivity contribution in [1.29, 1.82) is 0 Å². The van der Waals surface area contributed by atoms with Crippen LogP contribution in [-0.2, 0) is 16.0 Å². The Labute approximate surface area is 106 Å². The molecule has 3 nitrogen and oxygen atoms in total. The van der Waals surface area contributed by atoms with Crippen LogP contribution in [0.1, 0.15) is 25.3 Å². The molecule has 0 aliphatic carbocycles. The highest BCUT2D eigenvalue weighted by atomic mass is 19.1. The SMILES string of the molecule is CCc1cc(F)cc(NC(=O)C2CCOCC2)c1. The van der Waals surface area contributed by atoms with Gasteiger partial charge in [0, 0.05) is 24.8 Å². The number of anilines is 1. The lowest BCUT2D eigenvalue weighted by Crippen LogP contribution is -2.28. The standard InChI is InChI=1S/C14H18FNO2/c1-2-10-7-12(15)9-13(8-10)16-14(17)11-3-5-18-6-4-11/h7-9,11H,2-6H2,1H3,(H,16,17). The summed E-state index contributed by atoms with van der Waals surface area (Å²) in [6, 6.07) is 4.67. The minimum Gasteiger partial charge on any atom is -0.381 e. The largest absolute Gasteiger partial charge is 0.381 e. The Morgan fingerprint density at radius 1 is 1.39 bits per heavy atom. The van der Waals surface area contributed by atoms with Crippen LogP contribution in [0.15, 0.2) is 18.2 Å². The number of aryl methyl sites for hydroxylation is 1. The smallest absolute Gasteiger partial charge is 0.227 e. The molecule has 4 heteroatoms. The summed E-state index contributed by atoms with van der Waals surface area (Å²) in [5, 5.41) is 2.79. The minimum absolute atomic E-state index is 0.0212. The lowest BCUT2D eigenvalue weighted by atomic mass is 9.99. The first-order chi connectivity index (χ1) is 8.69. The molecular formula is C14H18FNO2. The summed E-state index contributed by atoms with van der Waals surface area (Å²) in [7, 11) is 0. The van der Waals surface area contributed by atoms with Gasteiger partial charge in [-0.3, -0.25) is 4.79 Å². The highest BCUT2D eigenvalue weighted by Gasteiger charge is 2.21. The molecule has 2 rings (SSSR count). The maximum Gasteiger partial charge on any atom is 0.227 e. The molecule has 1 saturated heterocycles. The van der Waals surface area contributed by atoms with Gasteiger partial charge in [0.15, 0.2) is 0 Å². The Bertz CT molecular complexity index is 428. The summed E-state index contributed by atoms with van der Waals surface area (Å²) in [4.78, 5) is 12.0. The number of ether oxygens (including phenoxy) is 1. The van der Waals surface area contributed by atoms with Crippen LogP contribution in [0.2, 0.25) is 0 Å². The molecule has 0 radical (unpaired) electrons. The number of halogens is 1. The average molecular weight is 251 g/mol. The van der Waals surface area contributed by atoms with E-state index in [0.29, 0.717) is 18.9 Å². The summed E-state index contributed by atoms with van der Waals surface area (Å²) in [6.45, 7) is 3.21. The van der Waals surface area contributed by atoms with E-state index in [-0.39, 0.29) is 17.6 Å². The van der Waals surface area contributed by atoms with E-state index < -0.39 is 0 Å². The number of benzene rings is 1. The first kappa shape index (κ1) is 13.0. The summed E-state index contributed by atoms with van der Waals surface area (Å²) < 4.78 is 18.6. The van der Waals surface area contributed by atoms with E-state index in [0.717, 1.165) is 24.8 Å². The fourth-order valence-corrected chi connectivity index (χ4v) is 2.13. The molecular weight excluding hydrogens is 233 g/mol. The second-order valence-electron chi connectivity index (χ2n) is 4.58. The number of hydrogen-bond acceptors (Lipinski definition) is 2. The van der Waals surface area contributed by atoms with Crippen LogP contribution in [0.3, 0.4) is 0 Å². The van der Waals surface area contributed by atoms with Gasteiger partial charge in [0.25, 0.3) is 0 Å². The number of rotatable bonds is 3. The molecule has 18 heavy (non-hydrogen) atoms. The van der Waals surface area contributed by atoms with Crippen LogP contribution in [-0.4, -0.2) is 19.1 Å². The van der Waals surface area contributed by atoms with E-state index in [1.54, 1.807) is 0 Å². The molecule has 1 fully saturated rings. The van der Waals surface area contributed by atoms with Gasteiger partial charge in [0.2, 0.25) is 5.91 Å². The normalized spacial score (nSPS) is 16.6. The van der Waals surface area contributed by atoms with Crippen LogP contribution >= 0.6 is 0 Å². The lowest BCUT2D eigenvalue weighted by molar-refractivity contribution is -0.122. The second kappa shape index (κ2) is 5.96. The topological polar surface area (TPSA) is 38.3 Å². The van der Waals surface area contributed by atoms with Gasteiger partial charge in [-0.1, -0.05) is 6.92 Å². The Morgan fingerprint density at radius 2 is 2.11 bits per heavy atom. The summed E-state index contributed by atoms with van der Waals surface area (Å²) in [6.07, 6.45) is 2.22. The van der Waals surface area contributed by atoms with Gasteiger partial charge >= 0.3 is 0 Å². The average Bonchev–Trinajstić information content (AvgIpc) is 2.39. The van der Waals surface area contributed by atoms with Gasteiger partial charge in [-0.25, -0.2) is 4.39 Å². The Morgan fingerprint density at radius 3 is 2.78 bits per heavy atom. The molecule has 1 heterocycles. The van der Waals surface area contributed by atoms with Crippen molar-refractivity contribution in [2.24, 2.45) is 5.92 Å². The second-order valence-corrected chi connectivity index (χ2v) is 4.58. The van der Waals surface area contributed by atoms with Gasteiger partial charge in [-0.2, -0.15) is 0 Å². The molecule has 0 spiro atoms. The molecule has 1 aromatic rings. The van der Waals surface area contributed by atoms with Gasteiger partial charge in [-0.15, -0.1) is 0 Å². The van der Waals surface area contributed by atoms with E-state index in [1.165, 1.54) is 12.1 Å². The lowest BCUT2D eigenvalue weighted by Gasteiger charge is -2.21. The van der Waals surface area contributed by atoms with Crippen molar-refractivity contribution in [2.75, 3.05) is 18.5 Å². The quantitative estimate of drug-likeness (QED) is 0.897. The predicted molar refractivity (Wildman–Crippen MR) is 68.0 cm³/mol. The number of amides is 1. The first-order valence-electron chi connectivity index (χ1n) is 6.37. The zero-order chi connectivity index (χ0) is 13.0. The number of hydrogen-bond donors (Lipinski definition) is 1. The molecule has 1 aliphatic heterocycles. The van der Waals surface area contributed by atoms with Crippen LogP contribution in [0.5, 0.6) is 0 Å². The van der Waals surface area contributed by atoms with Crippen molar-refractivity contribution in [2.45, 2.75) is 26.2 Å². The maximum absolute atomic E-state index is 13.3. The van der Waals surface area contributed by atoms with Crippen LogP contribution in [0, 0.1) is 11.7 Å².